The predicted octanol–water partition coefficient (Wildman–Crippen LogP) is 2.70. The van der Waals surface area contributed by atoms with Crippen LogP contribution in [0.4, 0.5) is 5.69 Å². The maximum atomic E-state index is 13.0. The van der Waals surface area contributed by atoms with Crippen LogP contribution >= 0.6 is 0 Å². The van der Waals surface area contributed by atoms with Crippen molar-refractivity contribution in [2.75, 3.05) is 7.11 Å². The third kappa shape index (κ3) is 4.21. The van der Waals surface area contributed by atoms with Crippen molar-refractivity contribution in [1.82, 2.24) is 5.43 Å². The van der Waals surface area contributed by atoms with Crippen molar-refractivity contribution in [3.8, 4) is 11.5 Å². The van der Waals surface area contributed by atoms with Crippen molar-refractivity contribution >= 4 is 17.8 Å². The lowest BCUT2D eigenvalue weighted by Gasteiger charge is -2.27. The van der Waals surface area contributed by atoms with E-state index in [-0.39, 0.29) is 11.3 Å². The summed E-state index contributed by atoms with van der Waals surface area (Å²) in [5, 5.41) is 36.3. The van der Waals surface area contributed by atoms with Crippen molar-refractivity contribution in [2.45, 2.75) is 5.60 Å². The summed E-state index contributed by atoms with van der Waals surface area (Å²) in [6.07, 6.45) is 1.04. The highest BCUT2D eigenvalue weighted by molar-refractivity contribution is 5.92. The molecule has 9 nitrogen and oxygen atoms in total. The molecular weight excluding hydrogens is 402 g/mol. The predicted molar refractivity (Wildman–Crippen MR) is 113 cm³/mol. The minimum absolute atomic E-state index is 0.0112. The summed E-state index contributed by atoms with van der Waals surface area (Å²) in [6, 6.07) is 19.1. The molecule has 0 aliphatic rings. The molecule has 0 radical (unpaired) electrons. The second-order valence-corrected chi connectivity index (χ2v) is 6.45. The van der Waals surface area contributed by atoms with Gasteiger partial charge in [0.1, 0.15) is 0 Å². The zero-order valence-electron chi connectivity index (χ0n) is 16.4. The number of methoxy groups -OCH3 is 1. The molecule has 1 amide bonds. The second kappa shape index (κ2) is 9.06. The maximum absolute atomic E-state index is 13.0. The van der Waals surface area contributed by atoms with Crippen LogP contribution < -0.4 is 10.2 Å². The number of phenols is 1. The fraction of sp³-hybridized carbons (Fsp3) is 0.0909. The number of hydrazone groups is 1. The van der Waals surface area contributed by atoms with Crippen molar-refractivity contribution in [1.29, 1.82) is 0 Å². The van der Waals surface area contributed by atoms with Crippen LogP contribution in [0, 0.1) is 10.1 Å². The number of benzene rings is 3. The molecule has 0 saturated carbocycles. The van der Waals surface area contributed by atoms with Crippen LogP contribution in [0.3, 0.4) is 0 Å². The lowest BCUT2D eigenvalue weighted by molar-refractivity contribution is -0.386. The Morgan fingerprint density at radius 1 is 1.06 bits per heavy atom. The molecule has 3 N–H and O–H groups in total. The summed E-state index contributed by atoms with van der Waals surface area (Å²) in [4.78, 5) is 23.7. The number of rotatable bonds is 7. The van der Waals surface area contributed by atoms with Crippen molar-refractivity contribution in [3.05, 3.63) is 99.6 Å². The van der Waals surface area contributed by atoms with Gasteiger partial charge >= 0.3 is 5.69 Å². The maximum Gasteiger partial charge on any atom is 0.323 e. The zero-order valence-corrected chi connectivity index (χ0v) is 16.4. The number of nitrogens with zero attached hydrogens (tertiary/aromatic N) is 2. The number of phenolic OH excluding ortho intramolecular Hbond substituents is 1. The van der Waals surface area contributed by atoms with E-state index in [9.17, 15) is 25.1 Å². The van der Waals surface area contributed by atoms with Gasteiger partial charge in [-0.2, -0.15) is 5.10 Å². The largest absolute Gasteiger partial charge is 0.504 e. The van der Waals surface area contributed by atoms with Gasteiger partial charge in [0.15, 0.2) is 11.4 Å². The second-order valence-electron chi connectivity index (χ2n) is 6.45. The van der Waals surface area contributed by atoms with E-state index >= 15 is 0 Å². The van der Waals surface area contributed by atoms with Crippen LogP contribution in [0.5, 0.6) is 11.5 Å². The molecule has 31 heavy (non-hydrogen) atoms. The van der Waals surface area contributed by atoms with Gasteiger partial charge in [0.2, 0.25) is 5.75 Å². The molecular formula is C22H19N3O6. The van der Waals surface area contributed by atoms with E-state index < -0.39 is 27.9 Å². The van der Waals surface area contributed by atoms with Gasteiger partial charge in [-0.05, 0) is 23.3 Å². The summed E-state index contributed by atoms with van der Waals surface area (Å²) < 4.78 is 4.89. The molecule has 3 rings (SSSR count). The van der Waals surface area contributed by atoms with Crippen LogP contribution in [-0.4, -0.2) is 34.4 Å². The average Bonchev–Trinajstić information content (AvgIpc) is 2.80. The Balaban J connectivity index is 1.95. The van der Waals surface area contributed by atoms with Gasteiger partial charge < -0.3 is 14.9 Å². The van der Waals surface area contributed by atoms with E-state index in [0.29, 0.717) is 11.1 Å². The van der Waals surface area contributed by atoms with Crippen molar-refractivity contribution in [3.63, 3.8) is 0 Å². The fourth-order valence-corrected chi connectivity index (χ4v) is 3.10. The number of carbonyl (C=O) groups excluding carboxylic acids is 1. The zero-order chi connectivity index (χ0) is 22.4. The highest BCUT2D eigenvalue weighted by atomic mass is 16.6. The highest BCUT2D eigenvalue weighted by Crippen LogP contribution is 2.38. The Kier molecular flexibility index (Phi) is 6.27. The molecule has 3 aromatic carbocycles. The van der Waals surface area contributed by atoms with Gasteiger partial charge in [-0.1, -0.05) is 60.7 Å². The Hall–Kier alpha value is -4.24. The van der Waals surface area contributed by atoms with Gasteiger partial charge in [-0.3, -0.25) is 14.9 Å². The van der Waals surface area contributed by atoms with E-state index in [2.05, 4.69) is 10.5 Å². The van der Waals surface area contributed by atoms with E-state index in [1.807, 2.05) is 0 Å². The molecule has 3 aromatic rings. The number of hydrogen-bond acceptors (Lipinski definition) is 7. The summed E-state index contributed by atoms with van der Waals surface area (Å²) in [5.41, 5.74) is 0.325. The summed E-state index contributed by atoms with van der Waals surface area (Å²) in [6.45, 7) is 0. The first-order chi connectivity index (χ1) is 14.9. The number of nitrogens with one attached hydrogen (secondary N) is 1. The number of amides is 1. The molecule has 0 aliphatic heterocycles. The smallest absolute Gasteiger partial charge is 0.323 e. The Morgan fingerprint density at radius 2 is 1.61 bits per heavy atom. The molecule has 0 unspecified atom stereocenters. The minimum atomic E-state index is -2.04. The van der Waals surface area contributed by atoms with Crippen molar-refractivity contribution in [2.24, 2.45) is 5.10 Å². The van der Waals surface area contributed by atoms with Gasteiger partial charge in [0.05, 0.1) is 23.8 Å². The van der Waals surface area contributed by atoms with Crippen LogP contribution in [0.25, 0.3) is 0 Å². The molecule has 9 heteroatoms. The number of hydrogen-bond donors (Lipinski definition) is 3. The van der Waals surface area contributed by atoms with Crippen LogP contribution in [0.2, 0.25) is 0 Å². The van der Waals surface area contributed by atoms with E-state index in [1.54, 1.807) is 60.7 Å². The molecule has 0 fully saturated rings. The highest BCUT2D eigenvalue weighted by Gasteiger charge is 2.39. The van der Waals surface area contributed by atoms with Gasteiger partial charge in [0.25, 0.3) is 5.91 Å². The SMILES string of the molecule is COc1c(O)ccc(/C=N\NC(=O)C(O)(c2ccccc2)c2ccccc2)c1[N+](=O)[O-]. The molecule has 158 valence electrons. The van der Waals surface area contributed by atoms with Gasteiger partial charge in [0, 0.05) is 0 Å². The fourth-order valence-electron chi connectivity index (χ4n) is 3.10. The average molecular weight is 421 g/mol. The third-order valence-electron chi connectivity index (χ3n) is 4.61. The standard InChI is InChI=1S/C22H19N3O6/c1-31-20-18(26)13-12-15(19(20)25(29)30)14-23-24-21(27)22(28,16-8-4-2-5-9-16)17-10-6-3-7-11-17/h2-14,26,28H,1H3,(H,24,27)/b23-14-. The van der Waals surface area contributed by atoms with Crippen molar-refractivity contribution < 1.29 is 24.7 Å². The lowest BCUT2D eigenvalue weighted by Crippen LogP contribution is -2.43. The first kappa shape index (κ1) is 21.5. The Morgan fingerprint density at radius 3 is 2.10 bits per heavy atom. The summed E-state index contributed by atoms with van der Waals surface area (Å²) in [5.74, 6) is -1.59. The van der Waals surface area contributed by atoms with E-state index in [1.165, 1.54) is 19.2 Å². The summed E-state index contributed by atoms with van der Waals surface area (Å²) in [7, 11) is 1.19. The quantitative estimate of drug-likeness (QED) is 0.305. The first-order valence-corrected chi connectivity index (χ1v) is 9.10. The molecule has 0 aliphatic carbocycles. The lowest BCUT2D eigenvalue weighted by atomic mass is 9.85. The minimum Gasteiger partial charge on any atom is -0.504 e. The summed E-state index contributed by atoms with van der Waals surface area (Å²) >= 11 is 0. The number of aromatic hydroxyl groups is 1. The first-order valence-electron chi connectivity index (χ1n) is 9.10. The number of ether oxygens (including phenoxy) is 1. The number of aliphatic hydroxyl groups is 1. The Bertz CT molecular complexity index is 1080. The monoisotopic (exact) mass is 421 g/mol. The number of nitro benzene ring substituents is 1. The molecule has 0 spiro atoms. The van der Waals surface area contributed by atoms with E-state index in [4.69, 9.17) is 4.74 Å². The molecule has 0 aromatic heterocycles. The van der Waals surface area contributed by atoms with E-state index in [0.717, 1.165) is 6.21 Å². The van der Waals surface area contributed by atoms with Crippen LogP contribution in [-0.2, 0) is 10.4 Å². The number of nitro groups is 1. The van der Waals surface area contributed by atoms with Crippen LogP contribution in [0.15, 0.2) is 77.9 Å². The number of carbonyl (C=O) groups is 1. The van der Waals surface area contributed by atoms with Gasteiger partial charge in [-0.15, -0.1) is 0 Å². The topological polar surface area (TPSA) is 134 Å². The molecule has 0 atom stereocenters. The molecule has 0 bridgehead atoms. The normalized spacial score (nSPS) is 11.3. The third-order valence-corrected chi connectivity index (χ3v) is 4.61. The van der Waals surface area contributed by atoms with Crippen LogP contribution in [0.1, 0.15) is 16.7 Å². The Labute approximate surface area is 177 Å². The van der Waals surface area contributed by atoms with Gasteiger partial charge in [-0.25, -0.2) is 5.43 Å². The molecule has 0 saturated heterocycles. The molecule has 0 heterocycles.